The highest BCUT2D eigenvalue weighted by molar-refractivity contribution is 5.93. The molecule has 1 atom stereocenters. The molecule has 1 heterocycles. The minimum atomic E-state index is -0.594. The van der Waals surface area contributed by atoms with Crippen molar-refractivity contribution in [2.75, 3.05) is 13.2 Å². The van der Waals surface area contributed by atoms with Crippen LogP contribution in [0.25, 0.3) is 0 Å². The van der Waals surface area contributed by atoms with Crippen LogP contribution in [0.15, 0.2) is 0 Å². The summed E-state index contributed by atoms with van der Waals surface area (Å²) in [6.45, 7) is 7.36. The standard InChI is InChI=1S/C10H17NO4/c1-7-5-14-6-8(12)11(7)9(13)15-10(2,3)4/h7H,5-6H2,1-4H3. The predicted molar refractivity (Wildman–Crippen MR) is 53.4 cm³/mol. The first-order chi connectivity index (χ1) is 6.81. The van der Waals surface area contributed by atoms with Gasteiger partial charge < -0.3 is 9.47 Å². The van der Waals surface area contributed by atoms with Gasteiger partial charge in [0.2, 0.25) is 0 Å². The largest absolute Gasteiger partial charge is 0.443 e. The first kappa shape index (κ1) is 12.0. The zero-order valence-electron chi connectivity index (χ0n) is 9.57. The first-order valence-corrected chi connectivity index (χ1v) is 4.94. The fraction of sp³-hybridized carbons (Fsp3) is 0.800. The summed E-state index contributed by atoms with van der Waals surface area (Å²) in [7, 11) is 0. The third-order valence-corrected chi connectivity index (χ3v) is 1.88. The molecule has 0 aromatic carbocycles. The van der Waals surface area contributed by atoms with Gasteiger partial charge in [0.1, 0.15) is 12.2 Å². The molecule has 0 N–H and O–H groups in total. The maximum atomic E-state index is 11.7. The zero-order valence-corrected chi connectivity index (χ0v) is 9.57. The highest BCUT2D eigenvalue weighted by Gasteiger charge is 2.34. The second-order valence-corrected chi connectivity index (χ2v) is 4.61. The Kier molecular flexibility index (Phi) is 3.34. The van der Waals surface area contributed by atoms with Crippen LogP contribution < -0.4 is 0 Å². The van der Waals surface area contributed by atoms with Crippen molar-refractivity contribution in [2.45, 2.75) is 39.3 Å². The summed E-state index contributed by atoms with van der Waals surface area (Å²) in [5.74, 6) is -0.344. The third-order valence-electron chi connectivity index (χ3n) is 1.88. The molecule has 0 saturated carbocycles. The molecule has 0 aliphatic carbocycles. The number of imide groups is 1. The Morgan fingerprint density at radius 3 is 2.60 bits per heavy atom. The monoisotopic (exact) mass is 215 g/mol. The van der Waals surface area contributed by atoms with E-state index >= 15 is 0 Å². The third kappa shape index (κ3) is 3.20. The number of carbonyl (C=O) groups excluding carboxylic acids is 2. The molecule has 2 amide bonds. The number of nitrogens with zero attached hydrogens (tertiary/aromatic N) is 1. The Balaban J connectivity index is 2.68. The van der Waals surface area contributed by atoms with Crippen LogP contribution in [0.1, 0.15) is 27.7 Å². The van der Waals surface area contributed by atoms with Gasteiger partial charge in [0.15, 0.2) is 0 Å². The molecule has 1 aliphatic heterocycles. The van der Waals surface area contributed by atoms with Crippen LogP contribution >= 0.6 is 0 Å². The highest BCUT2D eigenvalue weighted by Crippen LogP contribution is 2.14. The van der Waals surface area contributed by atoms with Gasteiger partial charge in [-0.3, -0.25) is 4.79 Å². The van der Waals surface area contributed by atoms with Crippen LogP contribution in [0.2, 0.25) is 0 Å². The van der Waals surface area contributed by atoms with E-state index < -0.39 is 11.7 Å². The average molecular weight is 215 g/mol. The lowest BCUT2D eigenvalue weighted by atomic mass is 10.2. The van der Waals surface area contributed by atoms with Gasteiger partial charge in [-0.15, -0.1) is 0 Å². The number of carbonyl (C=O) groups is 2. The van der Waals surface area contributed by atoms with Crippen LogP contribution in [-0.4, -0.2) is 41.8 Å². The predicted octanol–water partition coefficient (Wildman–Crippen LogP) is 1.17. The Hall–Kier alpha value is -1.10. The van der Waals surface area contributed by atoms with E-state index in [1.165, 1.54) is 0 Å². The van der Waals surface area contributed by atoms with Gasteiger partial charge in [-0.1, -0.05) is 0 Å². The molecule has 1 aliphatic rings. The average Bonchev–Trinajstić information content (AvgIpc) is 1.99. The lowest BCUT2D eigenvalue weighted by Gasteiger charge is -2.32. The molecule has 86 valence electrons. The van der Waals surface area contributed by atoms with E-state index in [1.807, 2.05) is 0 Å². The molecule has 0 aromatic heterocycles. The number of hydrogen-bond donors (Lipinski definition) is 0. The molecule has 0 radical (unpaired) electrons. The van der Waals surface area contributed by atoms with Gasteiger partial charge in [0.05, 0.1) is 12.6 Å². The number of hydrogen-bond acceptors (Lipinski definition) is 4. The van der Waals surface area contributed by atoms with E-state index in [4.69, 9.17) is 9.47 Å². The van der Waals surface area contributed by atoms with Gasteiger partial charge in [0.25, 0.3) is 5.91 Å². The molecule has 5 heteroatoms. The van der Waals surface area contributed by atoms with Crippen LogP contribution in [0.5, 0.6) is 0 Å². The van der Waals surface area contributed by atoms with E-state index in [1.54, 1.807) is 27.7 Å². The molecule has 1 saturated heterocycles. The summed E-state index contributed by atoms with van der Waals surface area (Å²) in [5.41, 5.74) is -0.588. The van der Waals surface area contributed by atoms with Crippen molar-refractivity contribution in [1.29, 1.82) is 0 Å². The van der Waals surface area contributed by atoms with Crippen molar-refractivity contribution in [3.63, 3.8) is 0 Å². The smallest absolute Gasteiger partial charge is 0.417 e. The second kappa shape index (κ2) is 4.18. The van der Waals surface area contributed by atoms with Crippen LogP contribution in [0, 0.1) is 0 Å². The maximum absolute atomic E-state index is 11.7. The number of ether oxygens (including phenoxy) is 2. The van der Waals surface area contributed by atoms with E-state index in [0.717, 1.165) is 4.90 Å². The SMILES string of the molecule is CC1COCC(=O)N1C(=O)OC(C)(C)C. The van der Waals surface area contributed by atoms with Gasteiger partial charge in [-0.05, 0) is 27.7 Å². The van der Waals surface area contributed by atoms with Crippen molar-refractivity contribution in [3.8, 4) is 0 Å². The Bertz CT molecular complexity index is 269. The van der Waals surface area contributed by atoms with Crippen molar-refractivity contribution < 1.29 is 19.1 Å². The topological polar surface area (TPSA) is 55.8 Å². The second-order valence-electron chi connectivity index (χ2n) is 4.61. The summed E-state index contributed by atoms with van der Waals surface area (Å²) in [5, 5.41) is 0. The van der Waals surface area contributed by atoms with Crippen LogP contribution in [-0.2, 0) is 14.3 Å². The molecular weight excluding hydrogens is 198 g/mol. The zero-order chi connectivity index (χ0) is 11.6. The molecule has 1 unspecified atom stereocenters. The molecule has 1 fully saturated rings. The van der Waals surface area contributed by atoms with Gasteiger partial charge in [-0.25, -0.2) is 9.69 Å². The Morgan fingerprint density at radius 2 is 2.13 bits per heavy atom. The summed E-state index contributed by atoms with van der Waals surface area (Å²) in [6.07, 6.45) is -0.594. The van der Waals surface area contributed by atoms with Crippen LogP contribution in [0.3, 0.4) is 0 Å². The van der Waals surface area contributed by atoms with Crippen molar-refractivity contribution in [1.82, 2.24) is 4.90 Å². The Morgan fingerprint density at radius 1 is 1.53 bits per heavy atom. The lowest BCUT2D eigenvalue weighted by Crippen LogP contribution is -2.52. The molecular formula is C10H17NO4. The molecule has 0 aromatic rings. The van der Waals surface area contributed by atoms with E-state index in [0.29, 0.717) is 6.61 Å². The van der Waals surface area contributed by atoms with E-state index in [9.17, 15) is 9.59 Å². The number of amides is 2. The van der Waals surface area contributed by atoms with Crippen molar-refractivity contribution in [2.24, 2.45) is 0 Å². The molecule has 0 bridgehead atoms. The number of rotatable bonds is 0. The maximum Gasteiger partial charge on any atom is 0.417 e. The van der Waals surface area contributed by atoms with Crippen LogP contribution in [0.4, 0.5) is 4.79 Å². The van der Waals surface area contributed by atoms with E-state index in [-0.39, 0.29) is 18.6 Å². The fourth-order valence-corrected chi connectivity index (χ4v) is 1.30. The lowest BCUT2D eigenvalue weighted by molar-refractivity contribution is -0.145. The van der Waals surface area contributed by atoms with Gasteiger partial charge in [-0.2, -0.15) is 0 Å². The summed E-state index contributed by atoms with van der Waals surface area (Å²) < 4.78 is 10.1. The quantitative estimate of drug-likeness (QED) is 0.608. The number of morpholine rings is 1. The summed E-state index contributed by atoms with van der Waals surface area (Å²) >= 11 is 0. The van der Waals surface area contributed by atoms with Crippen molar-refractivity contribution in [3.05, 3.63) is 0 Å². The Labute approximate surface area is 89.3 Å². The van der Waals surface area contributed by atoms with Gasteiger partial charge in [0, 0.05) is 0 Å². The minimum absolute atomic E-state index is 0.0520. The van der Waals surface area contributed by atoms with E-state index in [2.05, 4.69) is 0 Å². The minimum Gasteiger partial charge on any atom is -0.443 e. The summed E-state index contributed by atoms with van der Waals surface area (Å²) in [4.78, 5) is 24.2. The normalized spacial score (nSPS) is 22.8. The first-order valence-electron chi connectivity index (χ1n) is 4.94. The molecule has 1 rings (SSSR count). The van der Waals surface area contributed by atoms with Gasteiger partial charge >= 0.3 is 6.09 Å². The van der Waals surface area contributed by atoms with Crippen molar-refractivity contribution >= 4 is 12.0 Å². The molecule has 5 nitrogen and oxygen atoms in total. The highest BCUT2D eigenvalue weighted by atomic mass is 16.6. The molecule has 0 spiro atoms. The summed E-state index contributed by atoms with van der Waals surface area (Å²) in [6, 6.07) is -0.263. The fourth-order valence-electron chi connectivity index (χ4n) is 1.30. The molecule has 15 heavy (non-hydrogen) atoms.